The Balaban J connectivity index is 1.97. The largest absolute Gasteiger partial charge is 0.355 e. The summed E-state index contributed by atoms with van der Waals surface area (Å²) in [5, 5.41) is 15.5. The van der Waals surface area contributed by atoms with E-state index in [1.807, 2.05) is 12.1 Å². The quantitative estimate of drug-likeness (QED) is 0.671. The van der Waals surface area contributed by atoms with Gasteiger partial charge in [-0.2, -0.15) is 0 Å². The van der Waals surface area contributed by atoms with Gasteiger partial charge < -0.3 is 4.90 Å². The summed E-state index contributed by atoms with van der Waals surface area (Å²) in [7, 11) is 0. The summed E-state index contributed by atoms with van der Waals surface area (Å²) in [5.74, 6) is 1.70. The van der Waals surface area contributed by atoms with E-state index in [1.165, 1.54) is 11.1 Å². The molecule has 2 aromatic heterocycles. The van der Waals surface area contributed by atoms with E-state index in [2.05, 4.69) is 32.4 Å². The lowest BCUT2D eigenvalue weighted by Gasteiger charge is -2.15. The van der Waals surface area contributed by atoms with Crippen molar-refractivity contribution in [1.29, 1.82) is 0 Å². The number of hydrogen-bond donors (Lipinski definition) is 0. The Bertz CT molecular complexity index is 478. The van der Waals surface area contributed by atoms with Crippen LogP contribution in [0.1, 0.15) is 13.3 Å². The van der Waals surface area contributed by atoms with Crippen molar-refractivity contribution in [2.75, 3.05) is 18.0 Å². The highest BCUT2D eigenvalue weighted by atomic mass is 15.6. The Morgan fingerprint density at radius 2 is 2.33 bits per heavy atom. The normalized spacial score (nSPS) is 21.4. The number of aromatic nitrogens is 5. The summed E-state index contributed by atoms with van der Waals surface area (Å²) < 4.78 is 1.47. The molecule has 0 spiro atoms. The number of nitrogens with zero attached hydrogens (tertiary/aromatic N) is 6. The van der Waals surface area contributed by atoms with Crippen LogP contribution in [-0.4, -0.2) is 38.3 Å². The Labute approximate surface area is 86.9 Å². The molecule has 0 bridgehead atoms. The molecule has 6 nitrogen and oxygen atoms in total. The Morgan fingerprint density at radius 1 is 1.40 bits per heavy atom. The van der Waals surface area contributed by atoms with E-state index in [4.69, 9.17) is 0 Å². The van der Waals surface area contributed by atoms with E-state index in [-0.39, 0.29) is 0 Å². The average Bonchev–Trinajstić information content (AvgIpc) is 2.84. The zero-order valence-electron chi connectivity index (χ0n) is 8.54. The predicted octanol–water partition coefficient (Wildman–Crippen LogP) is 0.365. The van der Waals surface area contributed by atoms with E-state index in [9.17, 15) is 0 Å². The zero-order valence-corrected chi connectivity index (χ0v) is 8.54. The van der Waals surface area contributed by atoms with Crippen LogP contribution in [0.5, 0.6) is 0 Å². The molecule has 0 amide bonds. The monoisotopic (exact) mass is 204 g/mol. The fourth-order valence-electron chi connectivity index (χ4n) is 1.95. The van der Waals surface area contributed by atoms with Gasteiger partial charge in [-0.15, -0.1) is 14.8 Å². The first-order chi connectivity index (χ1) is 7.33. The SMILES string of the molecule is C[C@H]1CCN(c2ccc3nnnn3n2)C1. The summed E-state index contributed by atoms with van der Waals surface area (Å²) in [6, 6.07) is 3.87. The third-order valence-corrected chi connectivity index (χ3v) is 2.80. The van der Waals surface area contributed by atoms with Gasteiger partial charge in [0.1, 0.15) is 0 Å². The van der Waals surface area contributed by atoms with E-state index in [0.29, 0.717) is 5.65 Å². The minimum atomic E-state index is 0.686. The van der Waals surface area contributed by atoms with Gasteiger partial charge in [-0.1, -0.05) is 6.92 Å². The summed E-state index contributed by atoms with van der Waals surface area (Å²) in [4.78, 5) is 2.27. The fourth-order valence-corrected chi connectivity index (χ4v) is 1.95. The maximum atomic E-state index is 4.36. The van der Waals surface area contributed by atoms with E-state index in [0.717, 1.165) is 24.8 Å². The van der Waals surface area contributed by atoms with Gasteiger partial charge in [-0.3, -0.25) is 0 Å². The number of anilines is 1. The van der Waals surface area contributed by atoms with Crippen molar-refractivity contribution in [3.8, 4) is 0 Å². The van der Waals surface area contributed by atoms with Crippen molar-refractivity contribution in [2.45, 2.75) is 13.3 Å². The molecule has 1 aliphatic rings. The van der Waals surface area contributed by atoms with Gasteiger partial charge in [0.2, 0.25) is 0 Å². The highest BCUT2D eigenvalue weighted by Gasteiger charge is 2.20. The molecule has 1 saturated heterocycles. The molecule has 0 saturated carbocycles. The van der Waals surface area contributed by atoms with E-state index < -0.39 is 0 Å². The zero-order chi connectivity index (χ0) is 10.3. The molecule has 0 aliphatic carbocycles. The van der Waals surface area contributed by atoms with Gasteiger partial charge in [0.15, 0.2) is 11.5 Å². The molecule has 2 aromatic rings. The minimum Gasteiger partial charge on any atom is -0.355 e. The first kappa shape index (κ1) is 8.58. The van der Waals surface area contributed by atoms with Crippen molar-refractivity contribution in [2.24, 2.45) is 5.92 Å². The van der Waals surface area contributed by atoms with Gasteiger partial charge in [0, 0.05) is 13.1 Å². The molecular weight excluding hydrogens is 192 g/mol. The number of rotatable bonds is 1. The summed E-state index contributed by atoms with van der Waals surface area (Å²) >= 11 is 0. The van der Waals surface area contributed by atoms with Crippen molar-refractivity contribution in [3.05, 3.63) is 12.1 Å². The van der Waals surface area contributed by atoms with Crippen LogP contribution in [0.15, 0.2) is 12.1 Å². The number of hydrogen-bond acceptors (Lipinski definition) is 5. The molecule has 1 aliphatic heterocycles. The molecule has 6 heteroatoms. The lowest BCUT2D eigenvalue weighted by molar-refractivity contribution is 0.656. The van der Waals surface area contributed by atoms with Gasteiger partial charge in [0.05, 0.1) is 0 Å². The van der Waals surface area contributed by atoms with Gasteiger partial charge in [-0.05, 0) is 34.9 Å². The van der Waals surface area contributed by atoms with Gasteiger partial charge in [-0.25, -0.2) is 0 Å². The van der Waals surface area contributed by atoms with Crippen molar-refractivity contribution < 1.29 is 0 Å². The predicted molar refractivity (Wildman–Crippen MR) is 54.6 cm³/mol. The average molecular weight is 204 g/mol. The smallest absolute Gasteiger partial charge is 0.200 e. The first-order valence-corrected chi connectivity index (χ1v) is 5.13. The minimum absolute atomic E-state index is 0.686. The van der Waals surface area contributed by atoms with E-state index in [1.54, 1.807) is 0 Å². The van der Waals surface area contributed by atoms with Crippen LogP contribution in [0.2, 0.25) is 0 Å². The summed E-state index contributed by atoms with van der Waals surface area (Å²) in [6.45, 7) is 4.40. The van der Waals surface area contributed by atoms with Crippen molar-refractivity contribution in [3.63, 3.8) is 0 Å². The molecule has 0 aromatic carbocycles. The van der Waals surface area contributed by atoms with Crippen LogP contribution in [0.3, 0.4) is 0 Å². The first-order valence-electron chi connectivity index (χ1n) is 5.13. The molecule has 0 unspecified atom stereocenters. The molecule has 15 heavy (non-hydrogen) atoms. The highest BCUT2D eigenvalue weighted by Crippen LogP contribution is 2.20. The van der Waals surface area contributed by atoms with Crippen LogP contribution >= 0.6 is 0 Å². The molecule has 0 radical (unpaired) electrons. The maximum absolute atomic E-state index is 4.36. The van der Waals surface area contributed by atoms with E-state index >= 15 is 0 Å². The van der Waals surface area contributed by atoms with Crippen LogP contribution in [-0.2, 0) is 0 Å². The summed E-state index contributed by atoms with van der Waals surface area (Å²) in [6.07, 6.45) is 1.23. The Kier molecular flexibility index (Phi) is 1.80. The van der Waals surface area contributed by atoms with Crippen LogP contribution in [0, 0.1) is 5.92 Å². The van der Waals surface area contributed by atoms with Gasteiger partial charge in [0.25, 0.3) is 0 Å². The molecule has 3 rings (SSSR count). The lowest BCUT2D eigenvalue weighted by atomic mass is 10.2. The van der Waals surface area contributed by atoms with Crippen molar-refractivity contribution in [1.82, 2.24) is 25.3 Å². The molecule has 78 valence electrons. The molecule has 3 heterocycles. The Hall–Kier alpha value is -1.72. The topological polar surface area (TPSA) is 59.2 Å². The molecule has 0 N–H and O–H groups in total. The molecule has 1 atom stereocenters. The third kappa shape index (κ3) is 1.42. The fraction of sp³-hybridized carbons (Fsp3) is 0.556. The lowest BCUT2D eigenvalue weighted by Crippen LogP contribution is -2.21. The molecule has 1 fully saturated rings. The number of fused-ring (bicyclic) bond motifs is 1. The standard InChI is InChI=1S/C9H12N6/c1-7-4-5-14(6-7)9-3-2-8-10-12-13-15(8)11-9/h2-3,7H,4-6H2,1H3/t7-/m0/s1. The highest BCUT2D eigenvalue weighted by molar-refractivity contribution is 5.44. The van der Waals surface area contributed by atoms with Gasteiger partial charge >= 0.3 is 0 Å². The van der Waals surface area contributed by atoms with Crippen LogP contribution in [0.25, 0.3) is 5.65 Å². The maximum Gasteiger partial charge on any atom is 0.200 e. The van der Waals surface area contributed by atoms with Crippen LogP contribution < -0.4 is 4.90 Å². The van der Waals surface area contributed by atoms with Crippen LogP contribution in [0.4, 0.5) is 5.82 Å². The second-order valence-corrected chi connectivity index (χ2v) is 4.06. The van der Waals surface area contributed by atoms with Crippen molar-refractivity contribution >= 4 is 11.5 Å². The Morgan fingerprint density at radius 3 is 3.13 bits per heavy atom. The number of tetrazole rings is 1. The molecular formula is C9H12N6. The second-order valence-electron chi connectivity index (χ2n) is 4.06. The third-order valence-electron chi connectivity index (χ3n) is 2.80. The second kappa shape index (κ2) is 3.15. The summed E-state index contributed by atoms with van der Waals surface area (Å²) in [5.41, 5.74) is 0.686.